The number of benzene rings is 1. The van der Waals surface area contributed by atoms with E-state index in [2.05, 4.69) is 0 Å². The number of ether oxygens (including phenoxy) is 2. The monoisotopic (exact) mass is 468 g/mol. The first-order valence-corrected chi connectivity index (χ1v) is 12.5. The molecule has 1 aromatic carbocycles. The summed E-state index contributed by atoms with van der Waals surface area (Å²) in [4.78, 5) is 10.8. The summed E-state index contributed by atoms with van der Waals surface area (Å²) in [6, 6.07) is 10.6. The molecule has 1 unspecified atom stereocenters. The van der Waals surface area contributed by atoms with Gasteiger partial charge in [-0.05, 0) is 53.8 Å². The van der Waals surface area contributed by atoms with Gasteiger partial charge in [0.05, 0.1) is 13.7 Å². The summed E-state index contributed by atoms with van der Waals surface area (Å²) >= 11 is 1.22. The Hall–Kier alpha value is -2.10. The normalized spacial score (nSPS) is 13.2. The average molecular weight is 469 g/mol. The number of hydrogen-bond donors (Lipinski definition) is 1. The lowest BCUT2D eigenvalue weighted by molar-refractivity contribution is 0.141. The predicted molar refractivity (Wildman–Crippen MR) is 123 cm³/mol. The molecule has 2 N–H and O–H groups in total. The van der Waals surface area contributed by atoms with E-state index in [-0.39, 0.29) is 24.6 Å². The van der Waals surface area contributed by atoms with Gasteiger partial charge in [0.1, 0.15) is 9.96 Å². The van der Waals surface area contributed by atoms with E-state index in [4.69, 9.17) is 15.2 Å². The van der Waals surface area contributed by atoms with Crippen LogP contribution in [0.2, 0.25) is 0 Å². The van der Waals surface area contributed by atoms with Gasteiger partial charge < -0.3 is 15.2 Å². The highest BCUT2D eigenvalue weighted by Gasteiger charge is 2.38. The lowest BCUT2D eigenvalue weighted by atomic mass is 9.83. The number of thiophene rings is 1. The Morgan fingerprint density at radius 1 is 1.16 bits per heavy atom. The van der Waals surface area contributed by atoms with Crippen molar-refractivity contribution in [2.24, 2.45) is 11.1 Å². The number of primary amides is 1. The van der Waals surface area contributed by atoms with Gasteiger partial charge in [0, 0.05) is 12.6 Å². The fourth-order valence-electron chi connectivity index (χ4n) is 3.42. The second kappa shape index (κ2) is 11.0. The first-order valence-electron chi connectivity index (χ1n) is 10.2. The fourth-order valence-corrected chi connectivity index (χ4v) is 6.37. The van der Waals surface area contributed by atoms with Gasteiger partial charge >= 0.3 is 6.09 Å². The van der Waals surface area contributed by atoms with Crippen molar-refractivity contribution >= 4 is 27.5 Å². The molecule has 0 aliphatic heterocycles. The van der Waals surface area contributed by atoms with E-state index in [0.717, 1.165) is 11.3 Å². The molecule has 1 amide bonds. The maximum atomic E-state index is 13.6. The number of sulfonamides is 1. The largest absolute Gasteiger partial charge is 0.497 e. The van der Waals surface area contributed by atoms with Gasteiger partial charge in [0.15, 0.2) is 0 Å². The molecule has 0 spiro atoms. The van der Waals surface area contributed by atoms with Crippen LogP contribution in [0.15, 0.2) is 46.0 Å². The van der Waals surface area contributed by atoms with E-state index < -0.39 is 16.1 Å². The molecule has 0 radical (unpaired) electrons. The number of carbonyl (C=O) groups excluding carboxylic acids is 1. The second-order valence-electron chi connectivity index (χ2n) is 8.38. The van der Waals surface area contributed by atoms with Crippen LogP contribution in [0.1, 0.15) is 45.6 Å². The van der Waals surface area contributed by atoms with Gasteiger partial charge in [-0.3, -0.25) is 0 Å². The third-order valence-electron chi connectivity index (χ3n) is 5.02. The number of hydrogen-bond acceptors (Lipinski definition) is 6. The van der Waals surface area contributed by atoms with Crippen LogP contribution in [-0.4, -0.2) is 38.6 Å². The molecule has 1 heterocycles. The van der Waals surface area contributed by atoms with Gasteiger partial charge in [-0.1, -0.05) is 39.0 Å². The average Bonchev–Trinajstić information content (AvgIpc) is 3.24. The summed E-state index contributed by atoms with van der Waals surface area (Å²) in [5.74, 6) is 0.721. The SMILES string of the molecule is COc1ccc(CN(C(CCCCOC(N)=O)C(C)(C)C)S(=O)(=O)c2cccs2)cc1. The second-order valence-corrected chi connectivity index (χ2v) is 11.4. The summed E-state index contributed by atoms with van der Waals surface area (Å²) in [6.45, 7) is 6.61. The number of amides is 1. The van der Waals surface area contributed by atoms with Crippen LogP contribution >= 0.6 is 11.3 Å². The Bertz CT molecular complexity index is 920. The topological polar surface area (TPSA) is 98.9 Å². The zero-order chi connectivity index (χ0) is 23.1. The molecule has 1 aromatic heterocycles. The molecule has 0 saturated heterocycles. The van der Waals surface area contributed by atoms with Crippen LogP contribution in [0.3, 0.4) is 0 Å². The molecular weight excluding hydrogens is 436 g/mol. The van der Waals surface area contributed by atoms with Crippen molar-refractivity contribution in [2.45, 2.75) is 56.8 Å². The maximum Gasteiger partial charge on any atom is 0.404 e. The molecule has 2 aromatic rings. The van der Waals surface area contributed by atoms with E-state index >= 15 is 0 Å². The van der Waals surface area contributed by atoms with Gasteiger partial charge in [0.25, 0.3) is 10.0 Å². The van der Waals surface area contributed by atoms with Crippen LogP contribution in [0.5, 0.6) is 5.75 Å². The van der Waals surface area contributed by atoms with Crippen LogP contribution in [-0.2, 0) is 21.3 Å². The Balaban J connectivity index is 2.32. The minimum atomic E-state index is -3.69. The highest BCUT2D eigenvalue weighted by molar-refractivity contribution is 7.91. The molecule has 172 valence electrons. The van der Waals surface area contributed by atoms with E-state index in [1.165, 1.54) is 11.3 Å². The molecule has 7 nitrogen and oxygen atoms in total. The van der Waals surface area contributed by atoms with Crippen molar-refractivity contribution in [2.75, 3.05) is 13.7 Å². The molecule has 0 saturated carbocycles. The van der Waals surface area contributed by atoms with E-state index in [0.29, 0.717) is 23.5 Å². The molecule has 31 heavy (non-hydrogen) atoms. The number of carbonyl (C=O) groups is 1. The molecule has 9 heteroatoms. The Kier molecular flexibility index (Phi) is 8.90. The van der Waals surface area contributed by atoms with Crippen LogP contribution in [0.4, 0.5) is 4.79 Å². The standard InChI is InChI=1S/C22H32N2O5S2/c1-22(2,3)19(8-5-6-14-29-21(23)25)24(31(26,27)20-9-7-15-30-20)16-17-10-12-18(28-4)13-11-17/h7,9-13,15,19H,5-6,8,14,16H2,1-4H3,(H2,23,25). The van der Waals surface area contributed by atoms with Crippen molar-refractivity contribution in [3.8, 4) is 5.75 Å². The molecule has 0 fully saturated rings. The number of methoxy groups -OCH3 is 1. The minimum Gasteiger partial charge on any atom is -0.497 e. The smallest absolute Gasteiger partial charge is 0.404 e. The van der Waals surface area contributed by atoms with Crippen molar-refractivity contribution in [3.63, 3.8) is 0 Å². The fraction of sp³-hybridized carbons (Fsp3) is 0.500. The highest BCUT2D eigenvalue weighted by Crippen LogP contribution is 2.35. The molecule has 1 atom stereocenters. The molecule has 0 aliphatic rings. The van der Waals surface area contributed by atoms with Gasteiger partial charge in [-0.15, -0.1) is 11.3 Å². The molecule has 2 rings (SSSR count). The summed E-state index contributed by atoms with van der Waals surface area (Å²) in [5, 5.41) is 1.77. The maximum absolute atomic E-state index is 13.6. The van der Waals surface area contributed by atoms with Gasteiger partial charge in [-0.2, -0.15) is 4.31 Å². The number of unbranched alkanes of at least 4 members (excludes halogenated alkanes) is 1. The number of nitrogens with zero attached hydrogens (tertiary/aromatic N) is 1. The van der Waals surface area contributed by atoms with E-state index in [1.807, 2.05) is 45.0 Å². The third kappa shape index (κ3) is 7.22. The van der Waals surface area contributed by atoms with Crippen molar-refractivity contribution in [3.05, 3.63) is 47.3 Å². The van der Waals surface area contributed by atoms with Crippen LogP contribution in [0, 0.1) is 5.41 Å². The van der Waals surface area contributed by atoms with Crippen LogP contribution < -0.4 is 10.5 Å². The summed E-state index contributed by atoms with van der Waals surface area (Å²) in [6.07, 6.45) is 1.15. The Labute approximate surface area is 189 Å². The first kappa shape index (κ1) is 25.2. The molecule has 0 bridgehead atoms. The molecule has 0 aliphatic carbocycles. The van der Waals surface area contributed by atoms with E-state index in [1.54, 1.807) is 28.9 Å². The summed E-state index contributed by atoms with van der Waals surface area (Å²) < 4.78 is 39.2. The summed E-state index contributed by atoms with van der Waals surface area (Å²) in [7, 11) is -2.10. The van der Waals surface area contributed by atoms with Crippen molar-refractivity contribution in [1.82, 2.24) is 4.31 Å². The lowest BCUT2D eigenvalue weighted by Crippen LogP contribution is -2.46. The first-order chi connectivity index (χ1) is 14.6. The zero-order valence-corrected chi connectivity index (χ0v) is 20.2. The van der Waals surface area contributed by atoms with Crippen molar-refractivity contribution < 1.29 is 22.7 Å². The van der Waals surface area contributed by atoms with Gasteiger partial charge in [0.2, 0.25) is 0 Å². The minimum absolute atomic E-state index is 0.225. The predicted octanol–water partition coefficient (Wildman–Crippen LogP) is 4.63. The Morgan fingerprint density at radius 3 is 2.35 bits per heavy atom. The number of rotatable bonds is 11. The molecular formula is C22H32N2O5S2. The van der Waals surface area contributed by atoms with Gasteiger partial charge in [-0.25, -0.2) is 13.2 Å². The third-order valence-corrected chi connectivity index (χ3v) is 8.25. The van der Waals surface area contributed by atoms with E-state index in [9.17, 15) is 13.2 Å². The quantitative estimate of drug-likeness (QED) is 0.485. The number of nitrogens with two attached hydrogens (primary N) is 1. The van der Waals surface area contributed by atoms with Crippen molar-refractivity contribution in [1.29, 1.82) is 0 Å². The highest BCUT2D eigenvalue weighted by atomic mass is 32.2. The van der Waals surface area contributed by atoms with Crippen LogP contribution in [0.25, 0.3) is 0 Å². The lowest BCUT2D eigenvalue weighted by Gasteiger charge is -2.39. The Morgan fingerprint density at radius 2 is 1.84 bits per heavy atom. The summed E-state index contributed by atoms with van der Waals surface area (Å²) in [5.41, 5.74) is 5.59. The zero-order valence-electron chi connectivity index (χ0n) is 18.5.